The molecule has 1 unspecified atom stereocenters. The molecule has 2 heterocycles. The van der Waals surface area contributed by atoms with Crippen molar-refractivity contribution >= 4 is 29.9 Å². The van der Waals surface area contributed by atoms with Crippen molar-refractivity contribution in [2.75, 3.05) is 59.4 Å². The standard InChI is InChI=1S/C21H35N5O.HI/c1-3-22-21(23-10-6-12-26-13-7-11-25(2)14-15-26)24-17-19-16-18-8-4-5-9-20(18)27-19;/h4-5,8-9,19H,3,6-7,10-17H2,1-2H3,(H2,22,23,24);1H. The number of benzene rings is 1. The van der Waals surface area contributed by atoms with Crippen molar-refractivity contribution < 1.29 is 4.74 Å². The monoisotopic (exact) mass is 501 g/mol. The Morgan fingerprint density at radius 2 is 2.04 bits per heavy atom. The molecule has 0 spiro atoms. The maximum absolute atomic E-state index is 5.99. The fraction of sp³-hybridized carbons (Fsp3) is 0.667. The lowest BCUT2D eigenvalue weighted by atomic mass is 10.1. The Balaban J connectivity index is 0.00000280. The Labute approximate surface area is 187 Å². The van der Waals surface area contributed by atoms with Crippen molar-refractivity contribution in [2.24, 2.45) is 4.99 Å². The Bertz CT molecular complexity index is 587. The van der Waals surface area contributed by atoms with Crippen molar-refractivity contribution in [2.45, 2.75) is 32.3 Å². The van der Waals surface area contributed by atoms with Gasteiger partial charge in [-0.05, 0) is 58.1 Å². The molecule has 7 heteroatoms. The summed E-state index contributed by atoms with van der Waals surface area (Å²) in [4.78, 5) is 9.75. The molecule has 28 heavy (non-hydrogen) atoms. The first-order valence-electron chi connectivity index (χ1n) is 10.4. The van der Waals surface area contributed by atoms with Crippen LogP contribution >= 0.6 is 24.0 Å². The summed E-state index contributed by atoms with van der Waals surface area (Å²) in [7, 11) is 2.22. The molecule has 2 N–H and O–H groups in total. The molecule has 0 aromatic heterocycles. The smallest absolute Gasteiger partial charge is 0.191 e. The van der Waals surface area contributed by atoms with E-state index in [4.69, 9.17) is 9.73 Å². The molecule has 1 fully saturated rings. The molecule has 0 bridgehead atoms. The molecule has 2 aliphatic heterocycles. The van der Waals surface area contributed by atoms with Gasteiger partial charge in [0.05, 0.1) is 6.54 Å². The van der Waals surface area contributed by atoms with Crippen LogP contribution in [0.15, 0.2) is 29.3 Å². The fourth-order valence-corrected chi connectivity index (χ4v) is 3.72. The zero-order valence-corrected chi connectivity index (χ0v) is 19.7. The molecule has 0 aliphatic carbocycles. The lowest BCUT2D eigenvalue weighted by Gasteiger charge is -2.20. The van der Waals surface area contributed by atoms with Crippen molar-refractivity contribution in [1.82, 2.24) is 20.4 Å². The highest BCUT2D eigenvalue weighted by Gasteiger charge is 2.21. The Morgan fingerprint density at radius 3 is 2.86 bits per heavy atom. The third-order valence-electron chi connectivity index (χ3n) is 5.27. The summed E-state index contributed by atoms with van der Waals surface area (Å²) in [6.07, 6.45) is 3.51. The highest BCUT2D eigenvalue weighted by Crippen LogP contribution is 2.28. The highest BCUT2D eigenvalue weighted by atomic mass is 127. The summed E-state index contributed by atoms with van der Waals surface area (Å²) in [5, 5.41) is 6.82. The fourth-order valence-electron chi connectivity index (χ4n) is 3.72. The van der Waals surface area contributed by atoms with Gasteiger partial charge in [-0.15, -0.1) is 24.0 Å². The zero-order chi connectivity index (χ0) is 18.9. The van der Waals surface area contributed by atoms with Crippen molar-refractivity contribution in [3.63, 3.8) is 0 Å². The summed E-state index contributed by atoms with van der Waals surface area (Å²) in [6.45, 7) is 10.6. The molecular formula is C21H36IN5O. The minimum Gasteiger partial charge on any atom is -0.488 e. The number of rotatable bonds is 7. The first kappa shape index (κ1) is 23.2. The quantitative estimate of drug-likeness (QED) is 0.260. The third kappa shape index (κ3) is 7.40. The SMILES string of the molecule is CCNC(=NCC1Cc2ccccc2O1)NCCCN1CCCN(C)CC1.I. The number of nitrogens with zero attached hydrogens (tertiary/aromatic N) is 3. The minimum absolute atomic E-state index is 0. The van der Waals surface area contributed by atoms with Crippen molar-refractivity contribution in [3.8, 4) is 5.75 Å². The van der Waals surface area contributed by atoms with Crippen LogP contribution in [0.4, 0.5) is 0 Å². The molecular weight excluding hydrogens is 465 g/mol. The van der Waals surface area contributed by atoms with Crippen LogP contribution in [0, 0.1) is 0 Å². The van der Waals surface area contributed by atoms with Crippen LogP contribution in [0.3, 0.4) is 0 Å². The minimum atomic E-state index is 0. The summed E-state index contributed by atoms with van der Waals surface area (Å²) in [5.41, 5.74) is 1.29. The van der Waals surface area contributed by atoms with Gasteiger partial charge in [-0.3, -0.25) is 0 Å². The number of para-hydroxylation sites is 1. The average Bonchev–Trinajstić information content (AvgIpc) is 2.98. The van der Waals surface area contributed by atoms with Crippen LogP contribution in [0.5, 0.6) is 5.75 Å². The number of hydrogen-bond donors (Lipinski definition) is 2. The molecule has 1 saturated heterocycles. The molecule has 0 amide bonds. The van der Waals surface area contributed by atoms with Gasteiger partial charge in [-0.25, -0.2) is 4.99 Å². The molecule has 1 aromatic rings. The first-order chi connectivity index (χ1) is 13.2. The van der Waals surface area contributed by atoms with E-state index in [0.29, 0.717) is 6.54 Å². The molecule has 2 aliphatic rings. The summed E-state index contributed by atoms with van der Waals surface area (Å²) in [5.74, 6) is 1.91. The predicted octanol–water partition coefficient (Wildman–Crippen LogP) is 2.19. The van der Waals surface area contributed by atoms with Crippen LogP contribution in [0.25, 0.3) is 0 Å². The number of guanidine groups is 1. The van der Waals surface area contributed by atoms with Gasteiger partial charge in [0.1, 0.15) is 11.9 Å². The second-order valence-electron chi connectivity index (χ2n) is 7.55. The Hall–Kier alpha value is -1.06. The maximum atomic E-state index is 5.99. The predicted molar refractivity (Wildman–Crippen MR) is 127 cm³/mol. The molecule has 0 radical (unpaired) electrons. The van der Waals surface area contributed by atoms with Gasteiger partial charge in [-0.1, -0.05) is 18.2 Å². The van der Waals surface area contributed by atoms with E-state index in [2.05, 4.69) is 46.5 Å². The second-order valence-corrected chi connectivity index (χ2v) is 7.55. The van der Waals surface area contributed by atoms with Gasteiger partial charge >= 0.3 is 0 Å². The number of hydrogen-bond acceptors (Lipinski definition) is 4. The van der Waals surface area contributed by atoms with E-state index in [1.165, 1.54) is 38.2 Å². The largest absolute Gasteiger partial charge is 0.488 e. The topological polar surface area (TPSA) is 52.1 Å². The van der Waals surface area contributed by atoms with Crippen LogP contribution in [-0.4, -0.2) is 81.3 Å². The van der Waals surface area contributed by atoms with Crippen LogP contribution in [0.1, 0.15) is 25.3 Å². The van der Waals surface area contributed by atoms with E-state index in [9.17, 15) is 0 Å². The lowest BCUT2D eigenvalue weighted by molar-refractivity contribution is 0.241. The van der Waals surface area contributed by atoms with Crippen LogP contribution in [0.2, 0.25) is 0 Å². The van der Waals surface area contributed by atoms with E-state index in [1.54, 1.807) is 0 Å². The van der Waals surface area contributed by atoms with Gasteiger partial charge in [0.2, 0.25) is 0 Å². The number of likely N-dealkylation sites (N-methyl/N-ethyl adjacent to an activating group) is 1. The van der Waals surface area contributed by atoms with Gasteiger partial charge in [0.15, 0.2) is 5.96 Å². The number of fused-ring (bicyclic) bond motifs is 1. The normalized spacial score (nSPS) is 20.6. The molecule has 1 aromatic carbocycles. The van der Waals surface area contributed by atoms with Gasteiger partial charge in [0, 0.05) is 32.6 Å². The van der Waals surface area contributed by atoms with E-state index in [0.717, 1.165) is 44.2 Å². The summed E-state index contributed by atoms with van der Waals surface area (Å²) < 4.78 is 5.99. The zero-order valence-electron chi connectivity index (χ0n) is 17.3. The van der Waals surface area contributed by atoms with Crippen molar-refractivity contribution in [3.05, 3.63) is 29.8 Å². The number of nitrogens with one attached hydrogen (secondary N) is 2. The molecule has 3 rings (SSSR count). The molecule has 0 saturated carbocycles. The second kappa shape index (κ2) is 12.5. The van der Waals surface area contributed by atoms with Gasteiger partial charge < -0.3 is 25.2 Å². The lowest BCUT2D eigenvalue weighted by Crippen LogP contribution is -2.39. The van der Waals surface area contributed by atoms with E-state index < -0.39 is 0 Å². The summed E-state index contributed by atoms with van der Waals surface area (Å²) >= 11 is 0. The van der Waals surface area contributed by atoms with Gasteiger partial charge in [-0.2, -0.15) is 0 Å². The average molecular weight is 501 g/mol. The molecule has 1 atom stereocenters. The van der Waals surface area contributed by atoms with E-state index in [-0.39, 0.29) is 30.1 Å². The first-order valence-corrected chi connectivity index (χ1v) is 10.4. The van der Waals surface area contributed by atoms with Crippen molar-refractivity contribution in [1.29, 1.82) is 0 Å². The number of ether oxygens (including phenoxy) is 1. The third-order valence-corrected chi connectivity index (χ3v) is 5.27. The van der Waals surface area contributed by atoms with Crippen LogP contribution in [-0.2, 0) is 6.42 Å². The number of halogens is 1. The highest BCUT2D eigenvalue weighted by molar-refractivity contribution is 14.0. The van der Waals surface area contributed by atoms with Crippen LogP contribution < -0.4 is 15.4 Å². The molecule has 6 nitrogen and oxygen atoms in total. The number of aliphatic imine (C=N–C) groups is 1. The molecule has 158 valence electrons. The van der Waals surface area contributed by atoms with E-state index in [1.807, 2.05) is 12.1 Å². The maximum Gasteiger partial charge on any atom is 0.191 e. The van der Waals surface area contributed by atoms with E-state index >= 15 is 0 Å². The summed E-state index contributed by atoms with van der Waals surface area (Å²) in [6, 6.07) is 8.28. The van der Waals surface area contributed by atoms with Gasteiger partial charge in [0.25, 0.3) is 0 Å². The Morgan fingerprint density at radius 1 is 1.18 bits per heavy atom. The Kier molecular flexibility index (Phi) is 10.4.